The monoisotopic (exact) mass is 242 g/mol. The summed E-state index contributed by atoms with van der Waals surface area (Å²) in [5.74, 6) is -1.11. The van der Waals surface area contributed by atoms with Gasteiger partial charge in [-0.15, -0.1) is 6.58 Å². The highest BCUT2D eigenvalue weighted by atomic mass is 16.4. The summed E-state index contributed by atoms with van der Waals surface area (Å²) in [4.78, 5) is 23.9. The Morgan fingerprint density at radius 1 is 1.47 bits per heavy atom. The highest BCUT2D eigenvalue weighted by Gasteiger charge is 2.20. The van der Waals surface area contributed by atoms with Gasteiger partial charge in [0.15, 0.2) is 0 Å². The fourth-order valence-electron chi connectivity index (χ4n) is 1.46. The Hall–Kier alpha value is -1.52. The second-order valence-corrected chi connectivity index (χ2v) is 4.52. The van der Waals surface area contributed by atoms with Crippen molar-refractivity contribution in [2.24, 2.45) is 11.8 Å². The minimum Gasteiger partial charge on any atom is -0.481 e. The van der Waals surface area contributed by atoms with Gasteiger partial charge in [-0.3, -0.25) is 4.79 Å². The van der Waals surface area contributed by atoms with Gasteiger partial charge in [0, 0.05) is 20.1 Å². The molecule has 2 N–H and O–H groups in total. The van der Waals surface area contributed by atoms with Gasteiger partial charge in [0.1, 0.15) is 0 Å². The molecule has 0 aliphatic rings. The molecule has 0 saturated carbocycles. The zero-order chi connectivity index (χ0) is 13.4. The molecule has 5 heteroatoms. The van der Waals surface area contributed by atoms with Crippen molar-refractivity contribution in [3.8, 4) is 0 Å². The first-order chi connectivity index (χ1) is 7.88. The van der Waals surface area contributed by atoms with Crippen molar-refractivity contribution in [2.45, 2.75) is 20.3 Å². The van der Waals surface area contributed by atoms with Crippen molar-refractivity contribution in [1.82, 2.24) is 10.2 Å². The van der Waals surface area contributed by atoms with Crippen molar-refractivity contribution < 1.29 is 14.7 Å². The lowest BCUT2D eigenvalue weighted by molar-refractivity contribution is -0.142. The minimum absolute atomic E-state index is 0.161. The topological polar surface area (TPSA) is 69.6 Å². The smallest absolute Gasteiger partial charge is 0.317 e. The first-order valence-corrected chi connectivity index (χ1v) is 5.71. The van der Waals surface area contributed by atoms with Crippen LogP contribution >= 0.6 is 0 Å². The second kappa shape index (κ2) is 7.70. The van der Waals surface area contributed by atoms with E-state index >= 15 is 0 Å². The first-order valence-electron chi connectivity index (χ1n) is 5.71. The summed E-state index contributed by atoms with van der Waals surface area (Å²) in [6.07, 6.45) is 2.17. The van der Waals surface area contributed by atoms with Crippen LogP contribution in [-0.2, 0) is 4.79 Å². The molecular formula is C12H22N2O3. The average molecular weight is 242 g/mol. The molecule has 0 aromatic carbocycles. The normalized spacial score (nSPS) is 12.0. The molecule has 1 atom stereocenters. The standard InChI is InChI=1S/C12H22N2O3/c1-5-6-14(4)12(17)13-8-10(11(15)16)7-9(2)3/h5,9-10H,1,6-8H2,2-4H3,(H,13,17)(H,15,16). The molecule has 0 aliphatic heterocycles. The molecule has 0 heterocycles. The Labute approximate surface area is 102 Å². The van der Waals surface area contributed by atoms with E-state index in [4.69, 9.17) is 5.11 Å². The van der Waals surface area contributed by atoms with Crippen molar-refractivity contribution in [3.05, 3.63) is 12.7 Å². The molecule has 0 saturated heterocycles. The molecule has 0 aromatic heterocycles. The molecule has 5 nitrogen and oxygen atoms in total. The highest BCUT2D eigenvalue weighted by Crippen LogP contribution is 2.11. The number of urea groups is 1. The largest absolute Gasteiger partial charge is 0.481 e. The van der Waals surface area contributed by atoms with Gasteiger partial charge >= 0.3 is 12.0 Å². The number of carbonyl (C=O) groups is 2. The zero-order valence-electron chi connectivity index (χ0n) is 10.8. The maximum Gasteiger partial charge on any atom is 0.317 e. The van der Waals surface area contributed by atoms with Crippen LogP contribution in [0.5, 0.6) is 0 Å². The van der Waals surface area contributed by atoms with E-state index < -0.39 is 11.9 Å². The van der Waals surface area contributed by atoms with Crippen LogP contribution in [0.3, 0.4) is 0 Å². The van der Waals surface area contributed by atoms with E-state index in [-0.39, 0.29) is 12.6 Å². The molecule has 0 bridgehead atoms. The number of aliphatic carboxylic acids is 1. The Bertz CT molecular complexity index is 277. The number of rotatable bonds is 7. The van der Waals surface area contributed by atoms with E-state index in [2.05, 4.69) is 11.9 Å². The van der Waals surface area contributed by atoms with Gasteiger partial charge in [0.25, 0.3) is 0 Å². The van der Waals surface area contributed by atoms with E-state index in [1.807, 2.05) is 13.8 Å². The van der Waals surface area contributed by atoms with Gasteiger partial charge in [-0.25, -0.2) is 4.79 Å². The van der Waals surface area contributed by atoms with Gasteiger partial charge in [-0.05, 0) is 12.3 Å². The Balaban J connectivity index is 4.16. The van der Waals surface area contributed by atoms with Crippen molar-refractivity contribution in [3.63, 3.8) is 0 Å². The zero-order valence-corrected chi connectivity index (χ0v) is 10.8. The number of carbonyl (C=O) groups excluding carboxylic acids is 1. The summed E-state index contributed by atoms with van der Waals surface area (Å²) in [7, 11) is 1.63. The van der Waals surface area contributed by atoms with Crippen molar-refractivity contribution >= 4 is 12.0 Å². The van der Waals surface area contributed by atoms with Gasteiger partial charge in [0.2, 0.25) is 0 Å². The Morgan fingerprint density at radius 3 is 2.47 bits per heavy atom. The second-order valence-electron chi connectivity index (χ2n) is 4.52. The van der Waals surface area contributed by atoms with Crippen LogP contribution in [0.15, 0.2) is 12.7 Å². The predicted octanol–water partition coefficient (Wildman–Crippen LogP) is 1.56. The summed E-state index contributed by atoms with van der Waals surface area (Å²) >= 11 is 0. The number of nitrogens with one attached hydrogen (secondary N) is 1. The fraction of sp³-hybridized carbons (Fsp3) is 0.667. The summed E-state index contributed by atoms with van der Waals surface area (Å²) < 4.78 is 0. The molecule has 17 heavy (non-hydrogen) atoms. The average Bonchev–Trinajstić information content (AvgIpc) is 2.23. The number of nitrogens with zero attached hydrogens (tertiary/aromatic N) is 1. The third-order valence-corrected chi connectivity index (χ3v) is 2.35. The third kappa shape index (κ3) is 6.60. The number of likely N-dealkylation sites (N-methyl/N-ethyl adjacent to an activating group) is 1. The number of hydrogen-bond acceptors (Lipinski definition) is 2. The summed E-state index contributed by atoms with van der Waals surface area (Å²) in [5, 5.41) is 11.6. The molecular weight excluding hydrogens is 220 g/mol. The molecule has 2 amide bonds. The van der Waals surface area contributed by atoms with E-state index in [0.717, 1.165) is 0 Å². The fourth-order valence-corrected chi connectivity index (χ4v) is 1.46. The van der Waals surface area contributed by atoms with Crippen LogP contribution in [0, 0.1) is 11.8 Å². The van der Waals surface area contributed by atoms with Crippen LogP contribution in [0.25, 0.3) is 0 Å². The molecule has 0 aromatic rings. The van der Waals surface area contributed by atoms with Gasteiger partial charge in [-0.1, -0.05) is 19.9 Å². The van der Waals surface area contributed by atoms with Gasteiger partial charge < -0.3 is 15.3 Å². The molecule has 0 spiro atoms. The van der Waals surface area contributed by atoms with E-state index in [0.29, 0.717) is 18.9 Å². The van der Waals surface area contributed by atoms with Crippen molar-refractivity contribution in [2.75, 3.05) is 20.1 Å². The molecule has 98 valence electrons. The maximum atomic E-state index is 11.5. The van der Waals surface area contributed by atoms with Crippen LogP contribution in [0.4, 0.5) is 4.79 Å². The Kier molecular flexibility index (Phi) is 7.02. The summed E-state index contributed by atoms with van der Waals surface area (Å²) in [5.41, 5.74) is 0. The van der Waals surface area contributed by atoms with E-state index in [1.54, 1.807) is 13.1 Å². The molecule has 0 radical (unpaired) electrons. The van der Waals surface area contributed by atoms with Crippen LogP contribution in [0.1, 0.15) is 20.3 Å². The SMILES string of the molecule is C=CCN(C)C(=O)NCC(CC(C)C)C(=O)O. The molecule has 1 unspecified atom stereocenters. The number of hydrogen-bond donors (Lipinski definition) is 2. The summed E-state index contributed by atoms with van der Waals surface area (Å²) in [6.45, 7) is 8.05. The van der Waals surface area contributed by atoms with Gasteiger partial charge in [-0.2, -0.15) is 0 Å². The van der Waals surface area contributed by atoms with E-state index in [9.17, 15) is 9.59 Å². The lowest BCUT2D eigenvalue weighted by Gasteiger charge is -2.19. The first kappa shape index (κ1) is 15.5. The molecule has 0 aliphatic carbocycles. The van der Waals surface area contributed by atoms with E-state index in [1.165, 1.54) is 4.90 Å². The van der Waals surface area contributed by atoms with Crippen molar-refractivity contribution in [1.29, 1.82) is 0 Å². The Morgan fingerprint density at radius 2 is 2.06 bits per heavy atom. The minimum atomic E-state index is -0.870. The highest BCUT2D eigenvalue weighted by molar-refractivity contribution is 5.75. The van der Waals surface area contributed by atoms with Crippen LogP contribution in [-0.4, -0.2) is 42.1 Å². The lowest BCUT2D eigenvalue weighted by atomic mass is 9.97. The number of carboxylic acid groups (broad SMARTS) is 1. The van der Waals surface area contributed by atoms with Gasteiger partial charge in [0.05, 0.1) is 5.92 Å². The third-order valence-electron chi connectivity index (χ3n) is 2.35. The van der Waals surface area contributed by atoms with Crippen LogP contribution in [0.2, 0.25) is 0 Å². The van der Waals surface area contributed by atoms with Crippen LogP contribution < -0.4 is 5.32 Å². The molecule has 0 fully saturated rings. The predicted molar refractivity (Wildman–Crippen MR) is 66.8 cm³/mol. The number of amides is 2. The quantitative estimate of drug-likeness (QED) is 0.666. The molecule has 0 rings (SSSR count). The summed E-state index contributed by atoms with van der Waals surface area (Å²) in [6, 6.07) is -0.278. The maximum absolute atomic E-state index is 11.5. The lowest BCUT2D eigenvalue weighted by Crippen LogP contribution is -2.41. The number of carboxylic acids is 1.